The van der Waals surface area contributed by atoms with Gasteiger partial charge in [-0.25, -0.2) is 5.90 Å². The van der Waals surface area contributed by atoms with Crippen LogP contribution in [0.3, 0.4) is 0 Å². The quantitative estimate of drug-likeness (QED) is 0.557. The van der Waals surface area contributed by atoms with Crippen molar-refractivity contribution in [2.24, 2.45) is 5.90 Å². The third-order valence-electron chi connectivity index (χ3n) is 1.07. The van der Waals surface area contributed by atoms with Gasteiger partial charge in [-0.05, 0) is 6.07 Å². The van der Waals surface area contributed by atoms with Crippen LogP contribution in [0.1, 0.15) is 5.69 Å². The van der Waals surface area contributed by atoms with Crippen molar-refractivity contribution in [3.05, 3.63) is 34.2 Å². The average Bonchev–Trinajstić information content (AvgIpc) is 1.88. The molecule has 54 valence electrons. The number of aromatic nitrogens is 1. The Morgan fingerprint density at radius 2 is 2.40 bits per heavy atom. The third-order valence-corrected chi connectivity index (χ3v) is 1.07. The fraction of sp³-hybridized carbons (Fsp3) is 0.167. The van der Waals surface area contributed by atoms with Gasteiger partial charge in [-0.1, -0.05) is 6.07 Å². The van der Waals surface area contributed by atoms with E-state index in [1.807, 2.05) is 0 Å². The summed E-state index contributed by atoms with van der Waals surface area (Å²) >= 11 is 0. The van der Waals surface area contributed by atoms with E-state index in [-0.39, 0.29) is 12.2 Å². The zero-order valence-corrected chi connectivity index (χ0v) is 5.33. The van der Waals surface area contributed by atoms with E-state index in [0.717, 1.165) is 0 Å². The molecule has 4 nitrogen and oxygen atoms in total. The van der Waals surface area contributed by atoms with Gasteiger partial charge in [0, 0.05) is 11.8 Å². The number of hydrogen-bond donors (Lipinski definition) is 2. The van der Waals surface area contributed by atoms with Crippen LogP contribution in [-0.2, 0) is 11.4 Å². The minimum absolute atomic E-state index is 0.144. The van der Waals surface area contributed by atoms with Gasteiger partial charge in [-0.2, -0.15) is 0 Å². The molecular weight excluding hydrogens is 132 g/mol. The highest BCUT2D eigenvalue weighted by Gasteiger charge is 1.89. The van der Waals surface area contributed by atoms with Gasteiger partial charge in [-0.15, -0.1) is 0 Å². The van der Waals surface area contributed by atoms with Gasteiger partial charge in [-0.3, -0.25) is 9.63 Å². The van der Waals surface area contributed by atoms with Crippen LogP contribution in [0.2, 0.25) is 0 Å². The standard InChI is InChI=1S/C6H8N2O2/c7-10-4-5-2-1-3-6(9)8-5/h1-3H,4,7H2,(H,8,9). The molecule has 3 N–H and O–H groups in total. The topological polar surface area (TPSA) is 68.1 Å². The Balaban J connectivity index is 2.85. The van der Waals surface area contributed by atoms with Crippen LogP contribution >= 0.6 is 0 Å². The van der Waals surface area contributed by atoms with E-state index in [2.05, 4.69) is 9.82 Å². The monoisotopic (exact) mass is 140 g/mol. The van der Waals surface area contributed by atoms with Crippen molar-refractivity contribution in [2.75, 3.05) is 0 Å². The van der Waals surface area contributed by atoms with Crippen molar-refractivity contribution >= 4 is 0 Å². The van der Waals surface area contributed by atoms with Crippen molar-refractivity contribution in [3.63, 3.8) is 0 Å². The molecule has 10 heavy (non-hydrogen) atoms. The molecule has 0 aliphatic carbocycles. The summed E-state index contributed by atoms with van der Waals surface area (Å²) in [6.07, 6.45) is 0. The second-order valence-electron chi connectivity index (χ2n) is 1.85. The first-order chi connectivity index (χ1) is 4.83. The molecule has 1 aromatic rings. The van der Waals surface area contributed by atoms with E-state index >= 15 is 0 Å². The number of pyridine rings is 1. The Morgan fingerprint density at radius 1 is 1.60 bits per heavy atom. The highest BCUT2D eigenvalue weighted by Crippen LogP contribution is 1.89. The largest absolute Gasteiger partial charge is 0.324 e. The van der Waals surface area contributed by atoms with Crippen LogP contribution in [0.25, 0.3) is 0 Å². The molecule has 0 bridgehead atoms. The lowest BCUT2D eigenvalue weighted by atomic mass is 10.4. The van der Waals surface area contributed by atoms with Gasteiger partial charge in [0.1, 0.15) is 6.61 Å². The molecule has 0 saturated heterocycles. The van der Waals surface area contributed by atoms with Crippen molar-refractivity contribution < 1.29 is 4.84 Å². The summed E-state index contributed by atoms with van der Waals surface area (Å²) in [6, 6.07) is 4.81. The molecular formula is C6H8N2O2. The van der Waals surface area contributed by atoms with Crippen molar-refractivity contribution in [3.8, 4) is 0 Å². The molecule has 0 saturated carbocycles. The summed E-state index contributed by atoms with van der Waals surface area (Å²) in [4.78, 5) is 17.5. The molecule has 0 atom stereocenters. The van der Waals surface area contributed by atoms with Crippen LogP contribution in [-0.4, -0.2) is 4.98 Å². The van der Waals surface area contributed by atoms with E-state index < -0.39 is 0 Å². The SMILES string of the molecule is NOCc1cccc(=O)[nH]1. The molecule has 0 unspecified atom stereocenters. The van der Waals surface area contributed by atoms with Crippen LogP contribution in [0.4, 0.5) is 0 Å². The number of hydrogen-bond acceptors (Lipinski definition) is 3. The Kier molecular flexibility index (Phi) is 2.20. The first kappa shape index (κ1) is 6.98. The van der Waals surface area contributed by atoms with Crippen LogP contribution in [0, 0.1) is 0 Å². The molecule has 0 aliphatic heterocycles. The molecule has 4 heteroatoms. The summed E-state index contributed by atoms with van der Waals surface area (Å²) in [5.41, 5.74) is 0.532. The van der Waals surface area contributed by atoms with Crippen LogP contribution < -0.4 is 11.5 Å². The van der Waals surface area contributed by atoms with Crippen molar-refractivity contribution in [1.29, 1.82) is 0 Å². The lowest BCUT2D eigenvalue weighted by Gasteiger charge is -1.95. The zero-order chi connectivity index (χ0) is 7.40. The summed E-state index contributed by atoms with van der Waals surface area (Å²) in [5.74, 6) is 4.79. The van der Waals surface area contributed by atoms with Gasteiger partial charge >= 0.3 is 0 Å². The first-order valence-corrected chi connectivity index (χ1v) is 2.83. The smallest absolute Gasteiger partial charge is 0.248 e. The van der Waals surface area contributed by atoms with Gasteiger partial charge in [0.25, 0.3) is 0 Å². The third kappa shape index (κ3) is 1.68. The minimum Gasteiger partial charge on any atom is -0.324 e. The van der Waals surface area contributed by atoms with Crippen LogP contribution in [0.15, 0.2) is 23.0 Å². The van der Waals surface area contributed by atoms with Gasteiger partial charge < -0.3 is 4.98 Å². The average molecular weight is 140 g/mol. The molecule has 0 radical (unpaired) electrons. The van der Waals surface area contributed by atoms with E-state index in [9.17, 15) is 4.79 Å². The second kappa shape index (κ2) is 3.14. The van der Waals surface area contributed by atoms with E-state index in [0.29, 0.717) is 5.69 Å². The molecule has 0 aromatic carbocycles. The van der Waals surface area contributed by atoms with Crippen LogP contribution in [0.5, 0.6) is 0 Å². The predicted molar refractivity (Wildman–Crippen MR) is 36.0 cm³/mol. The number of nitrogens with two attached hydrogens (primary N) is 1. The van der Waals surface area contributed by atoms with E-state index in [1.54, 1.807) is 12.1 Å². The van der Waals surface area contributed by atoms with Crippen molar-refractivity contribution in [1.82, 2.24) is 4.98 Å². The molecule has 0 amide bonds. The Bertz CT molecular complexity index is 256. The molecule has 0 aliphatic rings. The van der Waals surface area contributed by atoms with Gasteiger partial charge in [0.05, 0.1) is 0 Å². The highest BCUT2D eigenvalue weighted by atomic mass is 16.6. The number of H-pyrrole nitrogens is 1. The maximum absolute atomic E-state index is 10.6. The lowest BCUT2D eigenvalue weighted by molar-refractivity contribution is 0.121. The maximum Gasteiger partial charge on any atom is 0.248 e. The molecule has 0 spiro atoms. The number of nitrogens with one attached hydrogen (secondary N) is 1. The highest BCUT2D eigenvalue weighted by molar-refractivity contribution is 5.02. The Labute approximate surface area is 57.6 Å². The first-order valence-electron chi connectivity index (χ1n) is 2.83. The summed E-state index contributed by atoms with van der Waals surface area (Å²) in [6.45, 7) is 0.232. The summed E-state index contributed by atoms with van der Waals surface area (Å²) < 4.78 is 0. The second-order valence-corrected chi connectivity index (χ2v) is 1.85. The zero-order valence-electron chi connectivity index (χ0n) is 5.33. The Hall–Kier alpha value is -1.13. The fourth-order valence-corrected chi connectivity index (χ4v) is 0.667. The summed E-state index contributed by atoms with van der Waals surface area (Å²) in [7, 11) is 0. The molecule has 1 rings (SSSR count). The Morgan fingerprint density at radius 3 is 3.00 bits per heavy atom. The van der Waals surface area contributed by atoms with Crippen molar-refractivity contribution in [2.45, 2.75) is 6.61 Å². The normalized spacial score (nSPS) is 9.70. The van der Waals surface area contributed by atoms with E-state index in [4.69, 9.17) is 5.90 Å². The van der Waals surface area contributed by atoms with Gasteiger partial charge in [0.2, 0.25) is 5.56 Å². The lowest BCUT2D eigenvalue weighted by Crippen LogP contribution is -2.08. The molecule has 1 heterocycles. The van der Waals surface area contributed by atoms with E-state index in [1.165, 1.54) is 6.07 Å². The summed E-state index contributed by atoms with van der Waals surface area (Å²) in [5, 5.41) is 0. The number of rotatable bonds is 2. The van der Waals surface area contributed by atoms with Gasteiger partial charge in [0.15, 0.2) is 0 Å². The molecule has 1 aromatic heterocycles. The minimum atomic E-state index is -0.144. The number of aromatic amines is 1. The maximum atomic E-state index is 10.6. The molecule has 0 fully saturated rings. The predicted octanol–water partition coefficient (Wildman–Crippen LogP) is -0.235. The fourth-order valence-electron chi connectivity index (χ4n) is 0.667.